The van der Waals surface area contributed by atoms with Gasteiger partial charge >= 0.3 is 0 Å². The van der Waals surface area contributed by atoms with Gasteiger partial charge in [0, 0.05) is 19.0 Å². The fourth-order valence-electron chi connectivity index (χ4n) is 2.73. The molecule has 1 aliphatic heterocycles. The molecule has 5 nitrogen and oxygen atoms in total. The van der Waals surface area contributed by atoms with Crippen LogP contribution in [0.25, 0.3) is 0 Å². The number of rotatable bonds is 1. The van der Waals surface area contributed by atoms with Crippen molar-refractivity contribution >= 4 is 5.84 Å². The molecule has 1 saturated carbocycles. The Hall–Kier alpha value is -1.39. The van der Waals surface area contributed by atoms with Gasteiger partial charge in [0.2, 0.25) is 0 Å². The normalized spacial score (nSPS) is 21.1. The minimum atomic E-state index is 0.495. The Kier molecular flexibility index (Phi) is 2.38. The molecule has 1 N–H and O–H groups in total. The summed E-state index contributed by atoms with van der Waals surface area (Å²) in [6, 6.07) is 0. The molecule has 2 aliphatic rings. The van der Waals surface area contributed by atoms with Gasteiger partial charge in [-0.05, 0) is 12.8 Å². The van der Waals surface area contributed by atoms with Crippen LogP contribution in [0.3, 0.4) is 0 Å². The summed E-state index contributed by atoms with van der Waals surface area (Å²) in [4.78, 5) is 2.17. The van der Waals surface area contributed by atoms with Crippen LogP contribution < -0.4 is 0 Å². The van der Waals surface area contributed by atoms with Crippen LogP contribution in [0.2, 0.25) is 0 Å². The molecule has 16 heavy (non-hydrogen) atoms. The highest BCUT2D eigenvalue weighted by Gasteiger charge is 2.26. The van der Waals surface area contributed by atoms with Crippen LogP contribution in [-0.4, -0.2) is 32.0 Å². The maximum absolute atomic E-state index is 8.24. The molecule has 1 aromatic heterocycles. The molecule has 0 bridgehead atoms. The van der Waals surface area contributed by atoms with E-state index in [2.05, 4.69) is 19.7 Å². The van der Waals surface area contributed by atoms with Crippen molar-refractivity contribution in [2.45, 2.75) is 38.8 Å². The summed E-state index contributed by atoms with van der Waals surface area (Å²) in [5, 5.41) is 16.2. The van der Waals surface area contributed by atoms with Crippen molar-refractivity contribution in [3.8, 4) is 0 Å². The fraction of sp³-hybridized carbons (Fsp3) is 0.727. The monoisotopic (exact) mass is 219 g/mol. The van der Waals surface area contributed by atoms with Gasteiger partial charge in [-0.15, -0.1) is 10.2 Å². The van der Waals surface area contributed by atoms with E-state index in [4.69, 9.17) is 5.41 Å². The second kappa shape index (κ2) is 3.88. The van der Waals surface area contributed by atoms with Crippen LogP contribution >= 0.6 is 0 Å². The third kappa shape index (κ3) is 1.60. The van der Waals surface area contributed by atoms with Gasteiger partial charge in [-0.2, -0.15) is 0 Å². The number of hydrogen-bond acceptors (Lipinski definition) is 3. The average molecular weight is 219 g/mol. The van der Waals surface area contributed by atoms with E-state index < -0.39 is 0 Å². The summed E-state index contributed by atoms with van der Waals surface area (Å²) in [6.45, 7) is 2.60. The number of nitrogens with zero attached hydrogens (tertiary/aromatic N) is 4. The van der Waals surface area contributed by atoms with Crippen molar-refractivity contribution in [2.75, 3.05) is 6.54 Å². The Labute approximate surface area is 95.0 Å². The van der Waals surface area contributed by atoms with Crippen LogP contribution in [0.1, 0.15) is 31.5 Å². The molecule has 86 valence electrons. The quantitative estimate of drug-likeness (QED) is 0.571. The van der Waals surface area contributed by atoms with Gasteiger partial charge in [0.05, 0.1) is 12.4 Å². The molecule has 0 spiro atoms. The highest BCUT2D eigenvalue weighted by Crippen LogP contribution is 2.27. The first-order chi connectivity index (χ1) is 7.84. The summed E-state index contributed by atoms with van der Waals surface area (Å²) in [5.74, 6) is 2.32. The lowest BCUT2D eigenvalue weighted by Crippen LogP contribution is -2.40. The summed E-state index contributed by atoms with van der Waals surface area (Å²) >= 11 is 0. The third-order valence-corrected chi connectivity index (χ3v) is 3.72. The molecule has 5 heteroatoms. The molecule has 0 radical (unpaired) electrons. The first-order valence-corrected chi connectivity index (χ1v) is 6.04. The summed E-state index contributed by atoms with van der Waals surface area (Å²) in [5.41, 5.74) is 0. The predicted octanol–water partition coefficient (Wildman–Crippen LogP) is 1.26. The molecule has 0 saturated heterocycles. The van der Waals surface area contributed by atoms with E-state index in [0.29, 0.717) is 5.92 Å². The van der Waals surface area contributed by atoms with Crippen LogP contribution in [0, 0.1) is 11.3 Å². The van der Waals surface area contributed by atoms with Crippen LogP contribution in [0.4, 0.5) is 0 Å². The number of fused-ring (bicyclic) bond motifs is 1. The number of hydrogen-bond donors (Lipinski definition) is 1. The molecular formula is C11H17N5. The van der Waals surface area contributed by atoms with Crippen LogP contribution in [0.5, 0.6) is 0 Å². The first kappa shape index (κ1) is 9.81. The van der Waals surface area contributed by atoms with Crippen molar-refractivity contribution in [3.63, 3.8) is 0 Å². The molecule has 0 amide bonds. The van der Waals surface area contributed by atoms with Crippen LogP contribution in [0.15, 0.2) is 6.33 Å². The van der Waals surface area contributed by atoms with Crippen molar-refractivity contribution in [1.29, 1.82) is 5.41 Å². The van der Waals surface area contributed by atoms with Crippen molar-refractivity contribution in [2.24, 2.45) is 5.92 Å². The van der Waals surface area contributed by atoms with Crippen molar-refractivity contribution in [3.05, 3.63) is 12.2 Å². The Balaban J connectivity index is 1.71. The van der Waals surface area contributed by atoms with E-state index in [-0.39, 0.29) is 0 Å². The number of aromatic nitrogens is 3. The van der Waals surface area contributed by atoms with Gasteiger partial charge in [0.1, 0.15) is 6.33 Å². The van der Waals surface area contributed by atoms with Gasteiger partial charge in [0.15, 0.2) is 5.82 Å². The molecule has 0 aromatic carbocycles. The Morgan fingerprint density at radius 1 is 1.31 bits per heavy atom. The summed E-state index contributed by atoms with van der Waals surface area (Å²) in [7, 11) is 0. The van der Waals surface area contributed by atoms with Crippen molar-refractivity contribution in [1.82, 2.24) is 19.7 Å². The van der Waals surface area contributed by atoms with E-state index in [1.807, 2.05) is 0 Å². The zero-order valence-electron chi connectivity index (χ0n) is 9.39. The molecule has 2 heterocycles. The first-order valence-electron chi connectivity index (χ1n) is 6.04. The average Bonchev–Trinajstić information content (AvgIpc) is 2.98. The molecule has 0 unspecified atom stereocenters. The second-order valence-electron chi connectivity index (χ2n) is 4.73. The van der Waals surface area contributed by atoms with Gasteiger partial charge in [-0.3, -0.25) is 5.41 Å². The fourth-order valence-corrected chi connectivity index (χ4v) is 2.73. The highest BCUT2D eigenvalue weighted by atomic mass is 15.3. The highest BCUT2D eigenvalue weighted by molar-refractivity contribution is 5.81. The summed E-state index contributed by atoms with van der Waals surface area (Å²) < 4.78 is 2.08. The van der Waals surface area contributed by atoms with E-state index in [9.17, 15) is 0 Å². The van der Waals surface area contributed by atoms with E-state index >= 15 is 0 Å². The third-order valence-electron chi connectivity index (χ3n) is 3.72. The number of nitrogens with one attached hydrogen (secondary N) is 1. The minimum Gasteiger partial charge on any atom is -0.351 e. The van der Waals surface area contributed by atoms with Gasteiger partial charge in [-0.1, -0.05) is 12.8 Å². The Morgan fingerprint density at radius 3 is 2.94 bits per heavy atom. The van der Waals surface area contributed by atoms with Gasteiger partial charge in [0.25, 0.3) is 0 Å². The lowest BCUT2D eigenvalue weighted by atomic mass is 10.1. The van der Waals surface area contributed by atoms with Crippen LogP contribution in [-0.2, 0) is 13.1 Å². The lowest BCUT2D eigenvalue weighted by Gasteiger charge is -2.31. The largest absolute Gasteiger partial charge is 0.351 e. The Bertz CT molecular complexity index is 391. The van der Waals surface area contributed by atoms with Gasteiger partial charge in [-0.25, -0.2) is 0 Å². The minimum absolute atomic E-state index is 0.495. The van der Waals surface area contributed by atoms with Gasteiger partial charge < -0.3 is 9.47 Å². The SMILES string of the molecule is N=C(C1CCCC1)N1CCn2cnnc2C1. The smallest absolute Gasteiger partial charge is 0.152 e. The molecule has 1 aliphatic carbocycles. The second-order valence-corrected chi connectivity index (χ2v) is 4.73. The zero-order chi connectivity index (χ0) is 11.0. The standard InChI is InChI=1S/C11H17N5/c12-11(9-3-1-2-4-9)15-5-6-16-8-13-14-10(16)7-15/h8-9,12H,1-7H2. The molecule has 3 rings (SSSR count). The topological polar surface area (TPSA) is 57.8 Å². The molecule has 0 atom stereocenters. The maximum atomic E-state index is 8.24. The van der Waals surface area contributed by atoms with Crippen molar-refractivity contribution < 1.29 is 0 Å². The summed E-state index contributed by atoms with van der Waals surface area (Å²) in [6.07, 6.45) is 6.75. The molecule has 1 fully saturated rings. The predicted molar refractivity (Wildman–Crippen MR) is 60.1 cm³/mol. The molecular weight excluding hydrogens is 202 g/mol. The molecule has 1 aromatic rings. The lowest BCUT2D eigenvalue weighted by molar-refractivity contribution is 0.312. The van der Waals surface area contributed by atoms with E-state index in [1.165, 1.54) is 25.7 Å². The maximum Gasteiger partial charge on any atom is 0.152 e. The van der Waals surface area contributed by atoms with E-state index in [0.717, 1.165) is 31.3 Å². The Morgan fingerprint density at radius 2 is 2.12 bits per heavy atom. The number of amidine groups is 1. The zero-order valence-corrected chi connectivity index (χ0v) is 9.39. The van der Waals surface area contributed by atoms with E-state index in [1.54, 1.807) is 6.33 Å².